The van der Waals surface area contributed by atoms with Gasteiger partial charge >= 0.3 is 0 Å². The Morgan fingerprint density at radius 1 is 1.39 bits per heavy atom. The monoisotopic (exact) mass is 261 g/mol. The van der Waals surface area contributed by atoms with Crippen molar-refractivity contribution in [2.24, 2.45) is 0 Å². The number of hydrogen-bond acceptors (Lipinski definition) is 5. The molecule has 0 aromatic heterocycles. The summed E-state index contributed by atoms with van der Waals surface area (Å²) in [4.78, 5) is 0. The van der Waals surface area contributed by atoms with Crippen molar-refractivity contribution in [3.05, 3.63) is 0 Å². The van der Waals surface area contributed by atoms with Crippen molar-refractivity contribution in [1.82, 2.24) is 5.32 Å². The molecule has 108 valence electrons. The Bertz CT molecular complexity index is 197. The average molecular weight is 261 g/mol. The van der Waals surface area contributed by atoms with Crippen LogP contribution >= 0.6 is 0 Å². The van der Waals surface area contributed by atoms with Crippen molar-refractivity contribution in [3.63, 3.8) is 0 Å². The Labute approximate surface area is 110 Å². The predicted molar refractivity (Wildman–Crippen MR) is 69.8 cm³/mol. The second-order valence-electron chi connectivity index (χ2n) is 4.80. The van der Waals surface area contributed by atoms with E-state index in [1.807, 2.05) is 13.8 Å². The minimum Gasteiger partial charge on any atom is -0.389 e. The van der Waals surface area contributed by atoms with Gasteiger partial charge in [-0.3, -0.25) is 0 Å². The summed E-state index contributed by atoms with van der Waals surface area (Å²) in [6.45, 7) is 7.71. The zero-order valence-electron chi connectivity index (χ0n) is 11.6. The lowest BCUT2D eigenvalue weighted by Crippen LogP contribution is -2.38. The Kier molecular flexibility index (Phi) is 8.54. The van der Waals surface area contributed by atoms with Crippen LogP contribution < -0.4 is 5.32 Å². The summed E-state index contributed by atoms with van der Waals surface area (Å²) in [6.07, 6.45) is 1.94. The van der Waals surface area contributed by atoms with Crippen LogP contribution in [0.2, 0.25) is 0 Å². The van der Waals surface area contributed by atoms with Crippen LogP contribution in [0.15, 0.2) is 0 Å². The van der Waals surface area contributed by atoms with E-state index in [-0.39, 0.29) is 12.1 Å². The van der Waals surface area contributed by atoms with Crippen molar-refractivity contribution in [1.29, 1.82) is 0 Å². The maximum Gasteiger partial charge on any atom is 0.0897 e. The van der Waals surface area contributed by atoms with Crippen LogP contribution in [-0.4, -0.2) is 62.9 Å². The Morgan fingerprint density at radius 2 is 2.22 bits per heavy atom. The lowest BCUT2D eigenvalue weighted by molar-refractivity contribution is -0.0174. The zero-order valence-corrected chi connectivity index (χ0v) is 11.6. The fourth-order valence-corrected chi connectivity index (χ4v) is 1.86. The maximum absolute atomic E-state index is 9.73. The highest BCUT2D eigenvalue weighted by Crippen LogP contribution is 2.11. The lowest BCUT2D eigenvalue weighted by atomic mass is 10.2. The quantitative estimate of drug-likeness (QED) is 0.602. The molecule has 0 amide bonds. The number of rotatable bonds is 10. The second kappa shape index (κ2) is 9.69. The molecule has 1 aliphatic heterocycles. The van der Waals surface area contributed by atoms with Gasteiger partial charge in [0.25, 0.3) is 0 Å². The molecule has 1 rings (SSSR count). The van der Waals surface area contributed by atoms with Crippen LogP contribution in [0.3, 0.4) is 0 Å². The zero-order chi connectivity index (χ0) is 13.2. The molecule has 0 spiro atoms. The SMILES string of the molecule is CCOCC(C)NCC(O)COCC1CCCO1. The molecule has 1 fully saturated rings. The number of nitrogens with one attached hydrogen (secondary N) is 1. The van der Waals surface area contributed by atoms with E-state index >= 15 is 0 Å². The van der Waals surface area contributed by atoms with Gasteiger partial charge in [0.15, 0.2) is 0 Å². The van der Waals surface area contributed by atoms with E-state index in [0.29, 0.717) is 26.4 Å². The minimum absolute atomic E-state index is 0.224. The first-order valence-electron chi connectivity index (χ1n) is 6.91. The Hall–Kier alpha value is -0.200. The van der Waals surface area contributed by atoms with Crippen molar-refractivity contribution in [2.45, 2.75) is 44.9 Å². The number of ether oxygens (including phenoxy) is 3. The first-order chi connectivity index (χ1) is 8.72. The van der Waals surface area contributed by atoms with E-state index in [1.165, 1.54) is 0 Å². The van der Waals surface area contributed by atoms with Gasteiger partial charge < -0.3 is 24.6 Å². The maximum atomic E-state index is 9.73. The van der Waals surface area contributed by atoms with E-state index in [2.05, 4.69) is 5.32 Å². The Balaban J connectivity index is 1.94. The summed E-state index contributed by atoms with van der Waals surface area (Å²) in [5.41, 5.74) is 0. The third-order valence-electron chi connectivity index (χ3n) is 2.91. The molecule has 18 heavy (non-hydrogen) atoms. The molecule has 1 heterocycles. The Morgan fingerprint density at radius 3 is 2.89 bits per heavy atom. The number of aliphatic hydroxyl groups is 1. The van der Waals surface area contributed by atoms with Gasteiger partial charge in [-0.1, -0.05) is 0 Å². The fraction of sp³-hybridized carbons (Fsp3) is 1.00. The summed E-state index contributed by atoms with van der Waals surface area (Å²) in [6, 6.07) is 0.248. The molecule has 2 N–H and O–H groups in total. The summed E-state index contributed by atoms with van der Waals surface area (Å²) in [5, 5.41) is 12.9. The first-order valence-corrected chi connectivity index (χ1v) is 6.91. The van der Waals surface area contributed by atoms with Gasteiger partial charge in [-0.2, -0.15) is 0 Å². The van der Waals surface area contributed by atoms with Crippen LogP contribution in [0, 0.1) is 0 Å². The van der Waals surface area contributed by atoms with E-state index in [0.717, 1.165) is 26.1 Å². The van der Waals surface area contributed by atoms with Gasteiger partial charge in [-0.25, -0.2) is 0 Å². The van der Waals surface area contributed by atoms with Gasteiger partial charge in [-0.05, 0) is 26.7 Å². The highest BCUT2D eigenvalue weighted by molar-refractivity contribution is 4.66. The molecule has 3 unspecified atom stereocenters. The van der Waals surface area contributed by atoms with Crippen LogP contribution in [0.1, 0.15) is 26.7 Å². The van der Waals surface area contributed by atoms with Gasteiger partial charge in [0.05, 0.1) is 32.0 Å². The first kappa shape index (κ1) is 15.9. The molecule has 0 saturated carbocycles. The molecule has 0 aromatic carbocycles. The van der Waals surface area contributed by atoms with Crippen molar-refractivity contribution in [3.8, 4) is 0 Å². The molecule has 1 saturated heterocycles. The third kappa shape index (κ3) is 7.28. The van der Waals surface area contributed by atoms with E-state index in [1.54, 1.807) is 0 Å². The highest BCUT2D eigenvalue weighted by Gasteiger charge is 2.16. The largest absolute Gasteiger partial charge is 0.389 e. The van der Waals surface area contributed by atoms with Gasteiger partial charge in [-0.15, -0.1) is 0 Å². The number of aliphatic hydroxyl groups excluding tert-OH is 1. The number of hydrogen-bond donors (Lipinski definition) is 2. The fourth-order valence-electron chi connectivity index (χ4n) is 1.86. The summed E-state index contributed by atoms with van der Waals surface area (Å²) in [5.74, 6) is 0. The summed E-state index contributed by atoms with van der Waals surface area (Å²) < 4.78 is 16.2. The molecule has 1 aliphatic rings. The topological polar surface area (TPSA) is 60.0 Å². The van der Waals surface area contributed by atoms with E-state index < -0.39 is 6.10 Å². The molecule has 3 atom stereocenters. The summed E-state index contributed by atoms with van der Waals surface area (Å²) in [7, 11) is 0. The standard InChI is InChI=1S/C13H27NO4/c1-3-16-8-11(2)14-7-12(15)9-17-10-13-5-4-6-18-13/h11-15H,3-10H2,1-2H3. The van der Waals surface area contributed by atoms with Crippen molar-refractivity contribution in [2.75, 3.05) is 39.6 Å². The van der Waals surface area contributed by atoms with Gasteiger partial charge in [0.2, 0.25) is 0 Å². The van der Waals surface area contributed by atoms with E-state index in [9.17, 15) is 5.11 Å². The van der Waals surface area contributed by atoms with Gasteiger partial charge in [0.1, 0.15) is 0 Å². The predicted octanol–water partition coefficient (Wildman–Crippen LogP) is 0.558. The molecule has 0 bridgehead atoms. The van der Waals surface area contributed by atoms with Crippen LogP contribution in [0.5, 0.6) is 0 Å². The van der Waals surface area contributed by atoms with E-state index in [4.69, 9.17) is 14.2 Å². The molecular formula is C13H27NO4. The van der Waals surface area contributed by atoms with Crippen LogP contribution in [0.25, 0.3) is 0 Å². The molecule has 5 nitrogen and oxygen atoms in total. The second-order valence-corrected chi connectivity index (χ2v) is 4.80. The molecule has 0 aromatic rings. The average Bonchev–Trinajstić information content (AvgIpc) is 2.87. The highest BCUT2D eigenvalue weighted by atomic mass is 16.5. The normalized spacial score (nSPS) is 23.2. The van der Waals surface area contributed by atoms with Gasteiger partial charge in [0, 0.05) is 25.8 Å². The van der Waals surface area contributed by atoms with Crippen molar-refractivity contribution >= 4 is 0 Å². The molecular weight excluding hydrogens is 234 g/mol. The van der Waals surface area contributed by atoms with Crippen LogP contribution in [0.4, 0.5) is 0 Å². The summed E-state index contributed by atoms with van der Waals surface area (Å²) >= 11 is 0. The molecule has 0 aliphatic carbocycles. The van der Waals surface area contributed by atoms with Crippen molar-refractivity contribution < 1.29 is 19.3 Å². The minimum atomic E-state index is -0.476. The smallest absolute Gasteiger partial charge is 0.0897 e. The lowest BCUT2D eigenvalue weighted by Gasteiger charge is -2.18. The molecule has 5 heteroatoms. The molecule has 0 radical (unpaired) electrons. The van der Waals surface area contributed by atoms with Crippen LogP contribution in [-0.2, 0) is 14.2 Å². The third-order valence-corrected chi connectivity index (χ3v) is 2.91.